The smallest absolute Gasteiger partial charge is 0.335 e. The molecule has 1 aromatic heterocycles. The van der Waals surface area contributed by atoms with Crippen molar-refractivity contribution < 1.29 is 14.7 Å². The zero-order valence-electron chi connectivity index (χ0n) is 11.0. The molecule has 0 spiro atoms. The van der Waals surface area contributed by atoms with Crippen molar-refractivity contribution in [3.8, 4) is 0 Å². The first kappa shape index (κ1) is 15.5. The second-order valence-electron chi connectivity index (χ2n) is 4.51. The largest absolute Gasteiger partial charge is 0.478 e. The third kappa shape index (κ3) is 6.24. The van der Waals surface area contributed by atoms with Gasteiger partial charge < -0.3 is 10.4 Å². The lowest BCUT2D eigenvalue weighted by Crippen LogP contribution is -2.26. The highest BCUT2D eigenvalue weighted by Gasteiger charge is 2.07. The number of hydrogen-bond donors (Lipinski definition) is 2. The average Bonchev–Trinajstić information content (AvgIpc) is 2.36. The molecule has 0 aliphatic carbocycles. The van der Waals surface area contributed by atoms with E-state index in [0.717, 1.165) is 6.42 Å². The number of carbonyl (C=O) groups is 2. The van der Waals surface area contributed by atoms with E-state index in [0.29, 0.717) is 17.5 Å². The predicted octanol–water partition coefficient (Wildman–Crippen LogP) is 2.03. The van der Waals surface area contributed by atoms with Crippen molar-refractivity contribution in [2.24, 2.45) is 5.92 Å². The maximum Gasteiger partial charge on any atom is 0.335 e. The number of hydrogen-bond acceptors (Lipinski definition) is 4. The molecule has 6 heteroatoms. The van der Waals surface area contributed by atoms with Crippen LogP contribution in [0.1, 0.15) is 30.6 Å². The average molecular weight is 282 g/mol. The molecule has 0 saturated carbocycles. The molecule has 5 nitrogen and oxygen atoms in total. The summed E-state index contributed by atoms with van der Waals surface area (Å²) >= 11 is 1.23. The number of rotatable bonds is 7. The van der Waals surface area contributed by atoms with E-state index in [1.54, 1.807) is 0 Å². The normalized spacial score (nSPS) is 10.5. The number of carbonyl (C=O) groups excluding carboxylic acids is 1. The zero-order chi connectivity index (χ0) is 14.3. The minimum Gasteiger partial charge on any atom is -0.478 e. The van der Waals surface area contributed by atoms with E-state index in [-0.39, 0.29) is 17.2 Å². The van der Waals surface area contributed by atoms with E-state index < -0.39 is 5.97 Å². The van der Waals surface area contributed by atoms with Crippen LogP contribution in [0.5, 0.6) is 0 Å². The fourth-order valence-electron chi connectivity index (χ4n) is 1.31. The van der Waals surface area contributed by atoms with Crippen molar-refractivity contribution in [2.75, 3.05) is 12.3 Å². The van der Waals surface area contributed by atoms with Crippen LogP contribution in [-0.4, -0.2) is 34.3 Å². The highest BCUT2D eigenvalue weighted by molar-refractivity contribution is 7.99. The Hall–Kier alpha value is -1.56. The number of nitrogens with one attached hydrogen (secondary N) is 1. The minimum atomic E-state index is -0.995. The van der Waals surface area contributed by atoms with Gasteiger partial charge in [-0.1, -0.05) is 25.6 Å². The third-order valence-electron chi connectivity index (χ3n) is 2.38. The highest BCUT2D eigenvalue weighted by atomic mass is 32.2. The van der Waals surface area contributed by atoms with E-state index in [1.165, 1.54) is 30.1 Å². The molecular formula is C13H18N2O3S. The molecule has 1 heterocycles. The Labute approximate surface area is 116 Å². The van der Waals surface area contributed by atoms with Crippen molar-refractivity contribution in [3.63, 3.8) is 0 Å². The van der Waals surface area contributed by atoms with E-state index in [1.807, 2.05) is 0 Å². The molecule has 104 valence electrons. The van der Waals surface area contributed by atoms with Crippen LogP contribution in [0.25, 0.3) is 0 Å². The Balaban J connectivity index is 2.37. The number of thioether (sulfide) groups is 1. The topological polar surface area (TPSA) is 79.3 Å². The summed E-state index contributed by atoms with van der Waals surface area (Å²) in [7, 11) is 0. The van der Waals surface area contributed by atoms with Gasteiger partial charge in [0.25, 0.3) is 0 Å². The van der Waals surface area contributed by atoms with Crippen molar-refractivity contribution in [2.45, 2.75) is 25.3 Å². The van der Waals surface area contributed by atoms with Crippen LogP contribution in [0.15, 0.2) is 23.4 Å². The van der Waals surface area contributed by atoms with Gasteiger partial charge in [0.15, 0.2) is 0 Å². The van der Waals surface area contributed by atoms with Gasteiger partial charge in [0.2, 0.25) is 5.91 Å². The Morgan fingerprint density at radius 3 is 2.84 bits per heavy atom. The van der Waals surface area contributed by atoms with Crippen LogP contribution < -0.4 is 5.32 Å². The maximum atomic E-state index is 11.5. The van der Waals surface area contributed by atoms with Gasteiger partial charge in [-0.2, -0.15) is 0 Å². The van der Waals surface area contributed by atoms with Crippen LogP contribution in [-0.2, 0) is 4.79 Å². The van der Waals surface area contributed by atoms with E-state index in [9.17, 15) is 9.59 Å². The highest BCUT2D eigenvalue weighted by Crippen LogP contribution is 2.15. The first-order valence-corrected chi connectivity index (χ1v) is 7.06. The summed E-state index contributed by atoms with van der Waals surface area (Å²) in [6.45, 7) is 4.87. The molecule has 1 rings (SSSR count). The molecule has 0 unspecified atom stereocenters. The van der Waals surface area contributed by atoms with Gasteiger partial charge in [0.1, 0.15) is 0 Å². The summed E-state index contributed by atoms with van der Waals surface area (Å²) in [5, 5.41) is 12.2. The monoisotopic (exact) mass is 282 g/mol. The number of carboxylic acids is 1. The molecule has 1 amide bonds. The van der Waals surface area contributed by atoms with Gasteiger partial charge in [0.05, 0.1) is 16.3 Å². The lowest BCUT2D eigenvalue weighted by Gasteiger charge is -2.06. The van der Waals surface area contributed by atoms with Gasteiger partial charge in [0, 0.05) is 12.7 Å². The SMILES string of the molecule is CC(C)CCNC(=O)CSc1cc(C(=O)O)ccn1. The van der Waals surface area contributed by atoms with E-state index in [4.69, 9.17) is 5.11 Å². The van der Waals surface area contributed by atoms with Gasteiger partial charge in [-0.3, -0.25) is 4.79 Å². The first-order valence-electron chi connectivity index (χ1n) is 6.08. The Morgan fingerprint density at radius 2 is 2.21 bits per heavy atom. The van der Waals surface area contributed by atoms with Crippen LogP contribution in [0.4, 0.5) is 0 Å². The standard InChI is InChI=1S/C13H18N2O3S/c1-9(2)3-5-14-11(16)8-19-12-7-10(13(17)18)4-6-15-12/h4,6-7,9H,3,5,8H2,1-2H3,(H,14,16)(H,17,18). The van der Waals surface area contributed by atoms with Crippen molar-refractivity contribution in [3.05, 3.63) is 23.9 Å². The number of carboxylic acid groups (broad SMARTS) is 1. The summed E-state index contributed by atoms with van der Waals surface area (Å²) < 4.78 is 0. The summed E-state index contributed by atoms with van der Waals surface area (Å²) in [5.74, 6) is -0.255. The van der Waals surface area contributed by atoms with Gasteiger partial charge >= 0.3 is 5.97 Å². The summed E-state index contributed by atoms with van der Waals surface area (Å²) in [6, 6.07) is 2.89. The second-order valence-corrected chi connectivity index (χ2v) is 5.50. The maximum absolute atomic E-state index is 11.5. The third-order valence-corrected chi connectivity index (χ3v) is 3.30. The van der Waals surface area contributed by atoms with Crippen LogP contribution in [0, 0.1) is 5.92 Å². The molecular weight excluding hydrogens is 264 g/mol. The fourth-order valence-corrected chi connectivity index (χ4v) is 2.04. The predicted molar refractivity (Wildman–Crippen MR) is 74.4 cm³/mol. The van der Waals surface area contributed by atoms with Gasteiger partial charge in [-0.05, 0) is 24.5 Å². The Kier molecular flexibility index (Phi) is 6.35. The summed E-state index contributed by atoms with van der Waals surface area (Å²) in [5.41, 5.74) is 0.178. The van der Waals surface area contributed by atoms with Crippen molar-refractivity contribution in [1.82, 2.24) is 10.3 Å². The number of aromatic nitrogens is 1. The van der Waals surface area contributed by atoms with E-state index >= 15 is 0 Å². The van der Waals surface area contributed by atoms with Crippen molar-refractivity contribution in [1.29, 1.82) is 0 Å². The minimum absolute atomic E-state index is 0.0619. The van der Waals surface area contributed by atoms with Crippen molar-refractivity contribution >= 4 is 23.6 Å². The van der Waals surface area contributed by atoms with Gasteiger partial charge in [-0.25, -0.2) is 9.78 Å². The Bertz CT molecular complexity index is 449. The molecule has 0 radical (unpaired) electrons. The molecule has 0 fully saturated rings. The number of pyridine rings is 1. The molecule has 0 bridgehead atoms. The van der Waals surface area contributed by atoms with Crippen LogP contribution in [0.3, 0.4) is 0 Å². The van der Waals surface area contributed by atoms with E-state index in [2.05, 4.69) is 24.1 Å². The second kappa shape index (κ2) is 7.78. The zero-order valence-corrected chi connectivity index (χ0v) is 11.9. The number of aromatic carboxylic acids is 1. The van der Waals surface area contributed by atoms with Gasteiger partial charge in [-0.15, -0.1) is 0 Å². The lowest BCUT2D eigenvalue weighted by atomic mass is 10.1. The lowest BCUT2D eigenvalue weighted by molar-refractivity contribution is -0.118. The number of amides is 1. The molecule has 0 saturated heterocycles. The summed E-state index contributed by atoms with van der Waals surface area (Å²) in [6.07, 6.45) is 2.38. The quantitative estimate of drug-likeness (QED) is 0.748. The molecule has 2 N–H and O–H groups in total. The molecule has 1 aromatic rings. The molecule has 19 heavy (non-hydrogen) atoms. The molecule has 0 atom stereocenters. The molecule has 0 aliphatic rings. The molecule has 0 aliphatic heterocycles. The Morgan fingerprint density at radius 1 is 1.47 bits per heavy atom. The summed E-state index contributed by atoms with van der Waals surface area (Å²) in [4.78, 5) is 26.3. The fraction of sp³-hybridized carbons (Fsp3) is 0.462. The first-order chi connectivity index (χ1) is 8.99. The number of nitrogens with zero attached hydrogens (tertiary/aromatic N) is 1. The van der Waals surface area contributed by atoms with Crippen LogP contribution in [0.2, 0.25) is 0 Å². The van der Waals surface area contributed by atoms with Crippen LogP contribution >= 0.6 is 11.8 Å². The molecule has 0 aromatic carbocycles.